The summed E-state index contributed by atoms with van der Waals surface area (Å²) in [6.07, 6.45) is -5.20. The van der Waals surface area contributed by atoms with Gasteiger partial charge in [-0.1, -0.05) is 12.1 Å². The van der Waals surface area contributed by atoms with Crippen LogP contribution in [-0.2, 0) is 6.42 Å². The molecule has 0 fully saturated rings. The van der Waals surface area contributed by atoms with Gasteiger partial charge in [0.1, 0.15) is 0 Å². The first-order valence-electron chi connectivity index (χ1n) is 3.50. The normalized spacial score (nSPS) is 11.7. The molecule has 0 saturated heterocycles. The number of nitrogens with two attached hydrogens (primary N) is 1. The van der Waals surface area contributed by atoms with Gasteiger partial charge in [-0.3, -0.25) is 0 Å². The number of hydrogen-bond acceptors (Lipinski definition) is 1. The molecule has 0 spiro atoms. The van der Waals surface area contributed by atoms with Crippen LogP contribution in [-0.4, -0.2) is 6.18 Å². The second kappa shape index (κ2) is 3.57. The second-order valence-corrected chi connectivity index (χ2v) is 3.46. The Morgan fingerprint density at radius 1 is 1.31 bits per heavy atom. The van der Waals surface area contributed by atoms with Crippen molar-refractivity contribution >= 4 is 21.6 Å². The van der Waals surface area contributed by atoms with Crippen molar-refractivity contribution in [3.05, 3.63) is 28.2 Å². The van der Waals surface area contributed by atoms with Gasteiger partial charge in [0.25, 0.3) is 0 Å². The molecule has 1 aromatic rings. The molecule has 0 atom stereocenters. The third kappa shape index (κ3) is 2.91. The Hall–Kier alpha value is -0.710. The topological polar surface area (TPSA) is 26.0 Å². The molecule has 0 heterocycles. The first kappa shape index (κ1) is 10.4. The van der Waals surface area contributed by atoms with Crippen molar-refractivity contribution in [2.45, 2.75) is 12.6 Å². The largest absolute Gasteiger partial charge is 0.398 e. The van der Waals surface area contributed by atoms with E-state index in [1.807, 2.05) is 0 Å². The minimum atomic E-state index is -4.21. The molecule has 0 amide bonds. The lowest BCUT2D eigenvalue weighted by Crippen LogP contribution is -2.13. The van der Waals surface area contributed by atoms with E-state index in [-0.39, 0.29) is 11.3 Å². The number of hydrogen-bond donors (Lipinski definition) is 1. The summed E-state index contributed by atoms with van der Waals surface area (Å²) in [5.74, 6) is 0. The fourth-order valence-corrected chi connectivity index (χ4v) is 1.36. The molecule has 0 aliphatic heterocycles. The molecule has 0 aliphatic carbocycles. The molecule has 0 aliphatic rings. The van der Waals surface area contributed by atoms with Gasteiger partial charge in [-0.05, 0) is 27.6 Å². The molecule has 72 valence electrons. The Labute approximate surface area is 81.9 Å². The third-order valence-electron chi connectivity index (χ3n) is 1.53. The minimum absolute atomic E-state index is 0.0990. The van der Waals surface area contributed by atoms with Gasteiger partial charge in [0, 0.05) is 10.2 Å². The van der Waals surface area contributed by atoms with Crippen LogP contribution in [0.4, 0.5) is 18.9 Å². The van der Waals surface area contributed by atoms with Gasteiger partial charge in [-0.15, -0.1) is 0 Å². The number of para-hydroxylation sites is 1. The number of alkyl halides is 3. The maximum absolute atomic E-state index is 12.0. The van der Waals surface area contributed by atoms with E-state index < -0.39 is 12.6 Å². The van der Waals surface area contributed by atoms with Crippen molar-refractivity contribution in [3.63, 3.8) is 0 Å². The van der Waals surface area contributed by atoms with Crippen molar-refractivity contribution in [1.29, 1.82) is 0 Å². The average Bonchev–Trinajstić information content (AvgIpc) is 1.96. The average molecular weight is 254 g/mol. The Morgan fingerprint density at radius 2 is 1.92 bits per heavy atom. The summed E-state index contributed by atoms with van der Waals surface area (Å²) in [7, 11) is 0. The maximum Gasteiger partial charge on any atom is 0.393 e. The van der Waals surface area contributed by atoms with E-state index in [2.05, 4.69) is 15.9 Å². The van der Waals surface area contributed by atoms with Crippen molar-refractivity contribution < 1.29 is 13.2 Å². The third-order valence-corrected chi connectivity index (χ3v) is 2.23. The fourth-order valence-electron chi connectivity index (χ4n) is 0.952. The number of nitrogen functional groups attached to an aromatic ring is 1. The van der Waals surface area contributed by atoms with E-state index >= 15 is 0 Å². The SMILES string of the molecule is Nc1c(Br)cccc1CC(F)(F)F. The number of anilines is 1. The summed E-state index contributed by atoms with van der Waals surface area (Å²) >= 11 is 3.06. The van der Waals surface area contributed by atoms with Crippen LogP contribution < -0.4 is 5.73 Å². The van der Waals surface area contributed by atoms with Crippen LogP contribution in [0.3, 0.4) is 0 Å². The van der Waals surface area contributed by atoms with Crippen molar-refractivity contribution in [3.8, 4) is 0 Å². The summed E-state index contributed by atoms with van der Waals surface area (Å²) in [5.41, 5.74) is 5.69. The molecule has 5 heteroatoms. The van der Waals surface area contributed by atoms with Gasteiger partial charge in [0.2, 0.25) is 0 Å². The predicted octanol–water partition coefficient (Wildman–Crippen LogP) is 3.14. The Morgan fingerprint density at radius 3 is 2.46 bits per heavy atom. The van der Waals surface area contributed by atoms with E-state index in [1.54, 1.807) is 6.07 Å². The summed E-state index contributed by atoms with van der Waals surface area (Å²) in [6.45, 7) is 0. The van der Waals surface area contributed by atoms with E-state index in [0.717, 1.165) is 0 Å². The summed E-state index contributed by atoms with van der Waals surface area (Å²) in [4.78, 5) is 0. The lowest BCUT2D eigenvalue weighted by atomic mass is 10.1. The van der Waals surface area contributed by atoms with Crippen LogP contribution >= 0.6 is 15.9 Å². The van der Waals surface area contributed by atoms with Crippen molar-refractivity contribution in [2.24, 2.45) is 0 Å². The molecule has 0 aromatic heterocycles. The molecule has 1 rings (SSSR count). The van der Waals surface area contributed by atoms with Gasteiger partial charge in [-0.25, -0.2) is 0 Å². The zero-order valence-electron chi connectivity index (χ0n) is 6.53. The summed E-state index contributed by atoms with van der Waals surface area (Å²) in [6, 6.07) is 4.50. The van der Waals surface area contributed by atoms with Crippen LogP contribution in [0.5, 0.6) is 0 Å². The molecular formula is C8H7BrF3N. The lowest BCUT2D eigenvalue weighted by Gasteiger charge is -2.09. The zero-order valence-corrected chi connectivity index (χ0v) is 8.11. The van der Waals surface area contributed by atoms with Crippen LogP contribution in [0.2, 0.25) is 0 Å². The first-order valence-corrected chi connectivity index (χ1v) is 4.29. The lowest BCUT2D eigenvalue weighted by molar-refractivity contribution is -0.127. The molecule has 1 nitrogen and oxygen atoms in total. The van der Waals surface area contributed by atoms with Gasteiger partial charge < -0.3 is 5.73 Å². The molecule has 0 unspecified atom stereocenters. The highest BCUT2D eigenvalue weighted by molar-refractivity contribution is 9.10. The maximum atomic E-state index is 12.0. The molecule has 2 N–H and O–H groups in total. The molecule has 0 saturated carbocycles. The molecule has 13 heavy (non-hydrogen) atoms. The van der Waals surface area contributed by atoms with Crippen LogP contribution in [0.15, 0.2) is 22.7 Å². The Balaban J connectivity index is 2.96. The number of rotatable bonds is 1. The molecule has 1 aromatic carbocycles. The highest BCUT2D eigenvalue weighted by Gasteiger charge is 2.28. The summed E-state index contributed by atoms with van der Waals surface area (Å²) < 4.78 is 36.4. The van der Waals surface area contributed by atoms with Gasteiger partial charge in [-0.2, -0.15) is 13.2 Å². The van der Waals surface area contributed by atoms with E-state index in [9.17, 15) is 13.2 Å². The fraction of sp³-hybridized carbons (Fsp3) is 0.250. The van der Waals surface area contributed by atoms with Crippen LogP contribution in [0.1, 0.15) is 5.56 Å². The first-order chi connectivity index (χ1) is 5.90. The zero-order chi connectivity index (χ0) is 10.1. The number of halogens is 4. The highest BCUT2D eigenvalue weighted by Crippen LogP contribution is 2.28. The van der Waals surface area contributed by atoms with E-state index in [0.29, 0.717) is 4.47 Å². The van der Waals surface area contributed by atoms with E-state index in [4.69, 9.17) is 5.73 Å². The van der Waals surface area contributed by atoms with Gasteiger partial charge >= 0.3 is 6.18 Å². The standard InChI is InChI=1S/C8H7BrF3N/c9-6-3-1-2-5(7(6)13)4-8(10,11)12/h1-3H,4,13H2. The quantitative estimate of drug-likeness (QED) is 0.765. The predicted molar refractivity (Wildman–Crippen MR) is 48.3 cm³/mol. The Kier molecular flexibility index (Phi) is 2.85. The highest BCUT2D eigenvalue weighted by atomic mass is 79.9. The Bertz CT molecular complexity index is 309. The summed E-state index contributed by atoms with van der Waals surface area (Å²) in [5, 5.41) is 0. The monoisotopic (exact) mass is 253 g/mol. The van der Waals surface area contributed by atoms with Crippen molar-refractivity contribution in [1.82, 2.24) is 0 Å². The molecular weight excluding hydrogens is 247 g/mol. The molecule has 0 bridgehead atoms. The van der Waals surface area contributed by atoms with Crippen molar-refractivity contribution in [2.75, 3.05) is 5.73 Å². The van der Waals surface area contributed by atoms with Crippen LogP contribution in [0, 0.1) is 0 Å². The van der Waals surface area contributed by atoms with Gasteiger partial charge in [0.05, 0.1) is 6.42 Å². The second-order valence-electron chi connectivity index (χ2n) is 2.60. The van der Waals surface area contributed by atoms with Crippen LogP contribution in [0.25, 0.3) is 0 Å². The van der Waals surface area contributed by atoms with E-state index in [1.165, 1.54) is 12.1 Å². The smallest absolute Gasteiger partial charge is 0.393 e. The minimum Gasteiger partial charge on any atom is -0.398 e. The molecule has 0 radical (unpaired) electrons. The number of benzene rings is 1. The van der Waals surface area contributed by atoms with Gasteiger partial charge in [0.15, 0.2) is 0 Å².